The lowest BCUT2D eigenvalue weighted by Crippen LogP contribution is -2.38. The number of nitrogens with two attached hydrogens (primary N) is 1. The minimum absolute atomic E-state index is 0. The Bertz CT molecular complexity index is 814. The number of carboxylic acids is 2. The maximum atomic E-state index is 11.6. The molecule has 8 nitrogen and oxygen atoms in total. The van der Waals surface area contributed by atoms with Gasteiger partial charge in [0, 0.05) is 0 Å². The third-order valence-electron chi connectivity index (χ3n) is 3.47. The lowest BCUT2D eigenvalue weighted by atomic mass is 10.1. The molecule has 2 aromatic carbocycles. The maximum absolute atomic E-state index is 11.6. The minimum atomic E-state index is -1.13. The number of amides is 1. The van der Waals surface area contributed by atoms with Gasteiger partial charge in [0.25, 0.3) is 0 Å². The van der Waals surface area contributed by atoms with Crippen molar-refractivity contribution in [1.29, 1.82) is 0 Å². The number of benzene rings is 2. The highest BCUT2D eigenvalue weighted by Crippen LogP contribution is 2.14. The first kappa shape index (κ1) is 30.5. The van der Waals surface area contributed by atoms with Crippen LogP contribution in [0.15, 0.2) is 60.7 Å². The van der Waals surface area contributed by atoms with Crippen LogP contribution in [0, 0.1) is 0 Å². The largest absolute Gasteiger partial charge is 0.480 e. The van der Waals surface area contributed by atoms with E-state index < -0.39 is 35.7 Å². The molecule has 0 heterocycles. The van der Waals surface area contributed by atoms with Crippen molar-refractivity contribution in [3.05, 3.63) is 71.8 Å². The summed E-state index contributed by atoms with van der Waals surface area (Å²) in [5.74, 6) is -2.14. The summed E-state index contributed by atoms with van der Waals surface area (Å²) in [5.41, 5.74) is 5.80. The quantitative estimate of drug-likeness (QED) is 0.525. The zero-order chi connectivity index (χ0) is 22.0. The molecule has 5 N–H and O–H groups in total. The third-order valence-corrected chi connectivity index (χ3v) is 3.47. The van der Waals surface area contributed by atoms with Crippen LogP contribution in [-0.4, -0.2) is 33.8 Å². The molecule has 31 heavy (non-hydrogen) atoms. The number of carbonyl (C=O) groups excluding carboxylic acids is 1. The predicted molar refractivity (Wildman–Crippen MR) is 128 cm³/mol. The summed E-state index contributed by atoms with van der Waals surface area (Å²) in [5, 5.41) is 19.9. The number of nitrogens with one attached hydrogen (secondary N) is 1. The van der Waals surface area contributed by atoms with E-state index in [-0.39, 0.29) is 27.0 Å². The van der Waals surface area contributed by atoms with E-state index in [0.29, 0.717) is 11.1 Å². The molecule has 2 rings (SSSR count). The van der Waals surface area contributed by atoms with Gasteiger partial charge in [-0.05, 0) is 31.9 Å². The van der Waals surface area contributed by atoms with Crippen LogP contribution < -0.4 is 11.1 Å². The predicted octanol–water partition coefficient (Wildman–Crippen LogP) is 3.33. The van der Waals surface area contributed by atoms with E-state index >= 15 is 0 Å². The standard InChI is InChI=1S/C13H17NO4.C8H9NO2.2H2S/c1-13(2,3)18-12(17)14-10(11(15)16)9-7-5-4-6-8-9;9-7(8(10)11)6-4-2-1-3-5-6;;/h4-8,10H,1-3H3,(H,14,17)(H,15,16);1-5,7H,9H2,(H,10,11);2*1H2/t10-;7-;;/m00../s1. The fraction of sp³-hybridized carbons (Fsp3) is 0.286. The van der Waals surface area contributed by atoms with Crippen LogP contribution in [0.25, 0.3) is 0 Å². The van der Waals surface area contributed by atoms with E-state index in [9.17, 15) is 14.4 Å². The second-order valence-electron chi connectivity index (χ2n) is 7.05. The molecule has 1 amide bonds. The molecule has 0 unspecified atom stereocenters. The molecule has 0 spiro atoms. The molecule has 0 fully saturated rings. The molecule has 0 aliphatic carbocycles. The second kappa shape index (κ2) is 14.3. The summed E-state index contributed by atoms with van der Waals surface area (Å²) in [4.78, 5) is 33.1. The molecule has 172 valence electrons. The van der Waals surface area contributed by atoms with Gasteiger partial charge in [-0.1, -0.05) is 60.7 Å². The van der Waals surface area contributed by atoms with E-state index in [2.05, 4.69) is 5.32 Å². The summed E-state index contributed by atoms with van der Waals surface area (Å²) in [6, 6.07) is 15.2. The summed E-state index contributed by atoms with van der Waals surface area (Å²) in [6.45, 7) is 5.14. The molecule has 0 aliphatic rings. The molecule has 10 heteroatoms. The number of carboxylic acid groups (broad SMARTS) is 2. The molecule has 0 saturated heterocycles. The van der Waals surface area contributed by atoms with E-state index in [1.165, 1.54) is 0 Å². The summed E-state index contributed by atoms with van der Waals surface area (Å²) >= 11 is 0. The Kier molecular flexibility index (Phi) is 14.1. The van der Waals surface area contributed by atoms with Crippen LogP contribution in [0.1, 0.15) is 44.0 Å². The van der Waals surface area contributed by atoms with Gasteiger partial charge in [-0.3, -0.25) is 4.79 Å². The Morgan fingerprint density at radius 3 is 1.61 bits per heavy atom. The third kappa shape index (κ3) is 11.9. The number of carbonyl (C=O) groups is 3. The van der Waals surface area contributed by atoms with Gasteiger partial charge in [-0.2, -0.15) is 27.0 Å². The highest BCUT2D eigenvalue weighted by molar-refractivity contribution is 7.59. The van der Waals surface area contributed by atoms with Gasteiger partial charge in [0.2, 0.25) is 0 Å². The summed E-state index contributed by atoms with van der Waals surface area (Å²) in [6.07, 6.45) is -0.751. The average Bonchev–Trinajstić information content (AvgIpc) is 2.65. The molecular formula is C21H30N2O6S2. The monoisotopic (exact) mass is 470 g/mol. The molecular weight excluding hydrogens is 440 g/mol. The Balaban J connectivity index is 0. The molecule has 0 saturated carbocycles. The molecule has 2 atom stereocenters. The van der Waals surface area contributed by atoms with Gasteiger partial charge >= 0.3 is 18.0 Å². The van der Waals surface area contributed by atoms with Crippen LogP contribution in [0.3, 0.4) is 0 Å². The van der Waals surface area contributed by atoms with Gasteiger partial charge in [-0.25, -0.2) is 9.59 Å². The number of aliphatic carboxylic acids is 2. The minimum Gasteiger partial charge on any atom is -0.480 e. The van der Waals surface area contributed by atoms with Crippen LogP contribution in [0.5, 0.6) is 0 Å². The fourth-order valence-electron chi connectivity index (χ4n) is 2.16. The average molecular weight is 471 g/mol. The Morgan fingerprint density at radius 1 is 0.839 bits per heavy atom. The molecule has 2 aromatic rings. The highest BCUT2D eigenvalue weighted by Gasteiger charge is 2.25. The van der Waals surface area contributed by atoms with Crippen LogP contribution in [0.2, 0.25) is 0 Å². The first-order chi connectivity index (χ1) is 13.5. The Hall–Kier alpha value is -2.69. The van der Waals surface area contributed by atoms with E-state index in [1.54, 1.807) is 75.4 Å². The Morgan fingerprint density at radius 2 is 1.26 bits per heavy atom. The topological polar surface area (TPSA) is 139 Å². The Labute approximate surface area is 195 Å². The van der Waals surface area contributed by atoms with Crippen molar-refractivity contribution in [2.45, 2.75) is 38.5 Å². The highest BCUT2D eigenvalue weighted by atomic mass is 32.1. The second-order valence-corrected chi connectivity index (χ2v) is 7.05. The van der Waals surface area contributed by atoms with Crippen LogP contribution in [-0.2, 0) is 14.3 Å². The van der Waals surface area contributed by atoms with Crippen LogP contribution >= 0.6 is 27.0 Å². The smallest absolute Gasteiger partial charge is 0.408 e. The lowest BCUT2D eigenvalue weighted by Gasteiger charge is -2.22. The number of hydrogen-bond donors (Lipinski definition) is 4. The zero-order valence-electron chi connectivity index (χ0n) is 17.5. The fourth-order valence-corrected chi connectivity index (χ4v) is 2.16. The summed E-state index contributed by atoms with van der Waals surface area (Å²) in [7, 11) is 0. The maximum Gasteiger partial charge on any atom is 0.408 e. The van der Waals surface area contributed by atoms with Crippen molar-refractivity contribution in [1.82, 2.24) is 5.32 Å². The number of hydrogen-bond acceptors (Lipinski definition) is 5. The number of ether oxygens (including phenoxy) is 1. The van der Waals surface area contributed by atoms with Gasteiger partial charge in [0.1, 0.15) is 11.6 Å². The number of rotatable bonds is 5. The molecule has 0 radical (unpaired) electrons. The van der Waals surface area contributed by atoms with Gasteiger partial charge in [0.15, 0.2) is 6.04 Å². The van der Waals surface area contributed by atoms with E-state index in [0.717, 1.165) is 0 Å². The number of alkyl carbamates (subject to hydrolysis) is 1. The van der Waals surface area contributed by atoms with Crippen molar-refractivity contribution >= 4 is 45.0 Å². The van der Waals surface area contributed by atoms with E-state index in [4.69, 9.17) is 20.7 Å². The van der Waals surface area contributed by atoms with Crippen molar-refractivity contribution < 1.29 is 29.3 Å². The zero-order valence-corrected chi connectivity index (χ0v) is 19.5. The van der Waals surface area contributed by atoms with Crippen molar-refractivity contribution in [3.63, 3.8) is 0 Å². The molecule has 0 bridgehead atoms. The van der Waals surface area contributed by atoms with Crippen molar-refractivity contribution in [2.24, 2.45) is 5.73 Å². The van der Waals surface area contributed by atoms with Crippen molar-refractivity contribution in [3.8, 4) is 0 Å². The molecule has 0 aromatic heterocycles. The summed E-state index contributed by atoms with van der Waals surface area (Å²) < 4.78 is 5.03. The first-order valence-electron chi connectivity index (χ1n) is 8.82. The first-order valence-corrected chi connectivity index (χ1v) is 8.82. The van der Waals surface area contributed by atoms with Gasteiger partial charge in [-0.15, -0.1) is 0 Å². The normalized spacial score (nSPS) is 11.7. The van der Waals surface area contributed by atoms with Crippen molar-refractivity contribution in [2.75, 3.05) is 0 Å². The van der Waals surface area contributed by atoms with Crippen LogP contribution in [0.4, 0.5) is 4.79 Å². The SMILES string of the molecule is CC(C)(C)OC(=O)N[C@H](C(=O)O)c1ccccc1.N[C@H](C(=O)O)c1ccccc1.S.S. The van der Waals surface area contributed by atoms with E-state index in [1.807, 2.05) is 6.07 Å². The lowest BCUT2D eigenvalue weighted by molar-refractivity contribution is -0.140. The molecule has 0 aliphatic heterocycles. The van der Waals surface area contributed by atoms with Gasteiger partial charge in [0.05, 0.1) is 0 Å². The van der Waals surface area contributed by atoms with Gasteiger partial charge < -0.3 is 26.0 Å².